The third kappa shape index (κ3) is 6.13. The maximum atomic E-state index is 13.8. The van der Waals surface area contributed by atoms with Crippen molar-refractivity contribution in [2.24, 2.45) is 5.73 Å². The molecule has 2 aromatic carbocycles. The van der Waals surface area contributed by atoms with Gasteiger partial charge in [-0.15, -0.1) is 0 Å². The molecule has 1 saturated heterocycles. The van der Waals surface area contributed by atoms with Gasteiger partial charge >= 0.3 is 11.7 Å². The molecule has 2 amide bonds. The maximum Gasteiger partial charge on any atom is 0.352 e. The van der Waals surface area contributed by atoms with Crippen molar-refractivity contribution in [2.75, 3.05) is 26.3 Å². The first-order valence-corrected chi connectivity index (χ1v) is 14.1. The number of nitrogens with one attached hydrogen (secondary N) is 1. The summed E-state index contributed by atoms with van der Waals surface area (Å²) in [4.78, 5) is 33.1. The third-order valence-corrected chi connectivity index (χ3v) is 7.53. The van der Waals surface area contributed by atoms with Crippen molar-refractivity contribution >= 4 is 11.8 Å². The molecule has 11 nitrogen and oxygen atoms in total. The number of nitrogens with two attached hydrogens (primary N) is 1. The normalized spacial score (nSPS) is 16.7. The molecule has 43 heavy (non-hydrogen) atoms. The maximum absolute atomic E-state index is 13.8. The van der Waals surface area contributed by atoms with Gasteiger partial charge in [-0.3, -0.25) is 14.5 Å². The number of morpholine rings is 1. The highest BCUT2D eigenvalue weighted by Gasteiger charge is 2.51. The minimum Gasteiger partial charge on any atom is -0.447 e. The Hall–Kier alpha value is -5.00. The highest BCUT2D eigenvalue weighted by Crippen LogP contribution is 2.28. The van der Waals surface area contributed by atoms with Crippen LogP contribution in [0.15, 0.2) is 97.7 Å². The molecule has 2 aliphatic heterocycles. The van der Waals surface area contributed by atoms with Gasteiger partial charge in [0.1, 0.15) is 18.6 Å². The predicted octanol–water partition coefficient (Wildman–Crippen LogP) is 2.81. The van der Waals surface area contributed by atoms with E-state index in [0.29, 0.717) is 5.82 Å². The summed E-state index contributed by atoms with van der Waals surface area (Å²) < 4.78 is 18.1. The number of pyridine rings is 1. The van der Waals surface area contributed by atoms with Crippen molar-refractivity contribution in [3.05, 3.63) is 114 Å². The zero-order valence-electron chi connectivity index (χ0n) is 23.5. The topological polar surface area (TPSA) is 134 Å². The Kier molecular flexibility index (Phi) is 8.16. The molecule has 220 valence electrons. The first kappa shape index (κ1) is 28.1. The highest BCUT2D eigenvalue weighted by molar-refractivity contribution is 5.98. The van der Waals surface area contributed by atoms with Gasteiger partial charge in [-0.2, -0.15) is 5.10 Å². The van der Waals surface area contributed by atoms with E-state index in [-0.39, 0.29) is 12.0 Å². The fraction of sp³-hybridized carbons (Fsp3) is 0.250. The number of carbonyl (C=O) groups excluding carboxylic acids is 2. The minimum absolute atomic E-state index is 0.222. The second kappa shape index (κ2) is 12.5. The fourth-order valence-electron chi connectivity index (χ4n) is 5.25. The number of rotatable bonds is 10. The van der Waals surface area contributed by atoms with Crippen molar-refractivity contribution < 1.29 is 23.8 Å². The Morgan fingerprint density at radius 3 is 2.40 bits per heavy atom. The van der Waals surface area contributed by atoms with Crippen LogP contribution >= 0.6 is 0 Å². The van der Waals surface area contributed by atoms with Gasteiger partial charge in [0.05, 0.1) is 24.5 Å². The summed E-state index contributed by atoms with van der Waals surface area (Å²) in [5.74, 6) is -2.93. The summed E-state index contributed by atoms with van der Waals surface area (Å²) >= 11 is 0. The number of ether oxygens (including phenoxy) is 3. The zero-order chi connectivity index (χ0) is 29.6. The van der Waals surface area contributed by atoms with Crippen molar-refractivity contribution in [3.63, 3.8) is 0 Å². The molecule has 0 aliphatic carbocycles. The fourth-order valence-corrected chi connectivity index (χ4v) is 5.25. The average molecular weight is 581 g/mol. The number of hydrogen-bond acceptors (Lipinski definition) is 8. The minimum atomic E-state index is -1.90. The number of nitrogens with zero attached hydrogens (tertiary/aromatic N) is 4. The first-order chi connectivity index (χ1) is 21.0. The van der Waals surface area contributed by atoms with E-state index in [4.69, 9.17) is 25.0 Å². The predicted molar refractivity (Wildman–Crippen MR) is 158 cm³/mol. The van der Waals surface area contributed by atoms with Crippen LogP contribution in [-0.4, -0.2) is 69.6 Å². The van der Waals surface area contributed by atoms with Crippen molar-refractivity contribution in [3.8, 4) is 17.1 Å². The van der Waals surface area contributed by atoms with Crippen LogP contribution in [0.2, 0.25) is 0 Å². The molecular formula is C32H32N6O5. The van der Waals surface area contributed by atoms with Crippen LogP contribution in [0.4, 0.5) is 0 Å². The SMILES string of the molecule is NC(=O)C1(C(Cc2ccccc2)NC(=O)c2cccnc2-n2ccc(-c3ccc(CN4CCOCC4)cc3)n2)OC=CO1. The van der Waals surface area contributed by atoms with Gasteiger partial charge in [0.15, 0.2) is 5.82 Å². The van der Waals surface area contributed by atoms with Gasteiger partial charge in [-0.05, 0) is 29.3 Å². The summed E-state index contributed by atoms with van der Waals surface area (Å²) in [5.41, 5.74) is 9.73. The number of amides is 2. The average Bonchev–Trinajstić information content (AvgIpc) is 3.74. The smallest absolute Gasteiger partial charge is 0.352 e. The van der Waals surface area contributed by atoms with Crippen LogP contribution in [0.3, 0.4) is 0 Å². The highest BCUT2D eigenvalue weighted by atomic mass is 16.7. The lowest BCUT2D eigenvalue weighted by molar-refractivity contribution is -0.182. The molecular weight excluding hydrogens is 548 g/mol. The Morgan fingerprint density at radius 1 is 0.930 bits per heavy atom. The van der Waals surface area contributed by atoms with Crippen molar-refractivity contribution in [2.45, 2.75) is 24.8 Å². The molecule has 0 saturated carbocycles. The van der Waals surface area contributed by atoms with E-state index in [1.807, 2.05) is 48.5 Å². The number of carbonyl (C=O) groups is 2. The quantitative estimate of drug-likeness (QED) is 0.293. The Labute approximate surface area is 248 Å². The lowest BCUT2D eigenvalue weighted by atomic mass is 9.97. The molecule has 0 bridgehead atoms. The zero-order valence-corrected chi connectivity index (χ0v) is 23.5. The molecule has 3 N–H and O–H groups in total. The molecule has 1 fully saturated rings. The molecule has 4 heterocycles. The molecule has 11 heteroatoms. The summed E-state index contributed by atoms with van der Waals surface area (Å²) in [5, 5.41) is 7.63. The standard InChI is InChI=1S/C32H32N6O5/c33-31(40)32(42-19-20-43-32)28(21-23-5-2-1-3-6-23)35-30(39)26-7-4-13-34-29(26)38-14-12-27(36-38)25-10-8-24(9-11-25)22-37-15-17-41-18-16-37/h1-14,19-20,28H,15-18,21-22H2,(H2,33,40)(H,35,39). The number of hydrogen-bond donors (Lipinski definition) is 2. The van der Waals surface area contributed by atoms with Crippen LogP contribution in [-0.2, 0) is 32.0 Å². The van der Waals surface area contributed by atoms with Crippen LogP contribution in [0.5, 0.6) is 0 Å². The largest absolute Gasteiger partial charge is 0.447 e. The monoisotopic (exact) mass is 580 g/mol. The molecule has 4 aromatic rings. The van der Waals surface area contributed by atoms with Gasteiger partial charge in [0.25, 0.3) is 5.91 Å². The van der Waals surface area contributed by atoms with Gasteiger partial charge in [0, 0.05) is 44.0 Å². The second-order valence-electron chi connectivity index (χ2n) is 10.4. The Balaban J connectivity index is 1.22. The Bertz CT molecular complexity index is 1590. The van der Waals surface area contributed by atoms with E-state index in [1.165, 1.54) is 18.1 Å². The number of benzene rings is 2. The second-order valence-corrected chi connectivity index (χ2v) is 10.4. The molecule has 6 rings (SSSR count). The van der Waals surface area contributed by atoms with E-state index in [0.717, 1.165) is 49.7 Å². The van der Waals surface area contributed by atoms with Gasteiger partial charge < -0.3 is 25.3 Å². The summed E-state index contributed by atoms with van der Waals surface area (Å²) in [6.07, 6.45) is 6.05. The summed E-state index contributed by atoms with van der Waals surface area (Å²) in [6.45, 7) is 4.27. The van der Waals surface area contributed by atoms with Crippen LogP contribution in [0.1, 0.15) is 21.5 Å². The molecule has 0 spiro atoms. The van der Waals surface area contributed by atoms with E-state index in [2.05, 4.69) is 27.3 Å². The summed E-state index contributed by atoms with van der Waals surface area (Å²) in [6, 6.07) is 21.9. The Morgan fingerprint density at radius 2 is 1.67 bits per heavy atom. The lowest BCUT2D eigenvalue weighted by Gasteiger charge is -2.33. The van der Waals surface area contributed by atoms with Gasteiger partial charge in [0.2, 0.25) is 0 Å². The van der Waals surface area contributed by atoms with Crippen LogP contribution in [0, 0.1) is 0 Å². The van der Waals surface area contributed by atoms with Crippen molar-refractivity contribution in [1.29, 1.82) is 0 Å². The molecule has 2 aromatic heterocycles. The lowest BCUT2D eigenvalue weighted by Crippen LogP contribution is -2.61. The number of primary amides is 1. The van der Waals surface area contributed by atoms with Crippen molar-refractivity contribution in [1.82, 2.24) is 25.0 Å². The number of aromatic nitrogens is 3. The molecule has 0 radical (unpaired) electrons. The van der Waals surface area contributed by atoms with Crippen LogP contribution < -0.4 is 11.1 Å². The van der Waals surface area contributed by atoms with Gasteiger partial charge in [-0.25, -0.2) is 9.67 Å². The molecule has 2 aliphatic rings. The van der Waals surface area contributed by atoms with E-state index in [1.54, 1.807) is 29.2 Å². The van der Waals surface area contributed by atoms with Gasteiger partial charge in [-0.1, -0.05) is 54.6 Å². The first-order valence-electron chi connectivity index (χ1n) is 14.1. The van der Waals surface area contributed by atoms with Crippen LogP contribution in [0.25, 0.3) is 17.1 Å². The van der Waals surface area contributed by atoms with E-state index >= 15 is 0 Å². The molecule has 1 atom stereocenters. The van der Waals surface area contributed by atoms with E-state index in [9.17, 15) is 9.59 Å². The summed E-state index contributed by atoms with van der Waals surface area (Å²) in [7, 11) is 0. The molecule has 1 unspecified atom stereocenters. The third-order valence-electron chi connectivity index (χ3n) is 7.53. The van der Waals surface area contributed by atoms with E-state index < -0.39 is 23.6 Å².